The maximum atomic E-state index is 13.1. The van der Waals surface area contributed by atoms with Crippen molar-refractivity contribution in [2.75, 3.05) is 5.75 Å². The fourth-order valence-corrected chi connectivity index (χ4v) is 3.40. The number of halogens is 1. The number of nitro groups is 1. The van der Waals surface area contributed by atoms with Gasteiger partial charge in [0.15, 0.2) is 11.4 Å². The second-order valence-corrected chi connectivity index (χ2v) is 6.94. The fourth-order valence-electron chi connectivity index (χ4n) is 2.62. The van der Waals surface area contributed by atoms with Gasteiger partial charge in [0.1, 0.15) is 5.82 Å². The van der Waals surface area contributed by atoms with E-state index in [2.05, 4.69) is 15.3 Å². The van der Waals surface area contributed by atoms with E-state index in [1.54, 1.807) is 24.3 Å². The van der Waals surface area contributed by atoms with Crippen LogP contribution in [0.15, 0.2) is 65.8 Å². The summed E-state index contributed by atoms with van der Waals surface area (Å²) in [5.74, 6) is -0.461. The largest absolute Gasteiger partial charge is 0.293 e. The molecule has 0 aliphatic carbocycles. The van der Waals surface area contributed by atoms with Gasteiger partial charge in [-0.25, -0.2) is 4.39 Å². The lowest BCUT2D eigenvalue weighted by atomic mass is 10.1. The van der Waals surface area contributed by atoms with Gasteiger partial charge in [0.05, 0.1) is 16.4 Å². The van der Waals surface area contributed by atoms with Gasteiger partial charge in [-0.3, -0.25) is 14.9 Å². The lowest BCUT2D eigenvalue weighted by molar-refractivity contribution is -0.384. The lowest BCUT2D eigenvalue weighted by Gasteiger charge is -2.03. The van der Waals surface area contributed by atoms with Crippen LogP contribution in [0.3, 0.4) is 0 Å². The average Bonchev–Trinajstić information content (AvgIpc) is 3.15. The summed E-state index contributed by atoms with van der Waals surface area (Å²) in [5, 5.41) is 23.7. The number of carbonyl (C=O) groups excluding carboxylic acids is 1. The minimum absolute atomic E-state index is 0.0705. The number of thioether (sulfide) groups is 1. The molecule has 0 fully saturated rings. The molecule has 8 nitrogen and oxygen atoms in total. The van der Waals surface area contributed by atoms with E-state index in [1.165, 1.54) is 40.9 Å². The van der Waals surface area contributed by atoms with Gasteiger partial charge in [-0.05, 0) is 48.5 Å². The van der Waals surface area contributed by atoms with E-state index in [-0.39, 0.29) is 23.0 Å². The molecule has 0 spiro atoms. The summed E-state index contributed by atoms with van der Waals surface area (Å²) < 4.78 is 14.7. The van der Waals surface area contributed by atoms with Crippen LogP contribution in [0.2, 0.25) is 0 Å². The summed E-state index contributed by atoms with van der Waals surface area (Å²) in [5.41, 5.74) is 2.16. The Labute approximate surface area is 167 Å². The molecule has 0 saturated carbocycles. The van der Waals surface area contributed by atoms with Crippen molar-refractivity contribution in [2.45, 2.75) is 5.16 Å². The topological polar surface area (TPSA) is 103 Å². The summed E-state index contributed by atoms with van der Waals surface area (Å²) in [6, 6.07) is 14.9. The zero-order valence-corrected chi connectivity index (χ0v) is 15.5. The molecular weight excluding hydrogens is 397 g/mol. The van der Waals surface area contributed by atoms with Crippen LogP contribution < -0.4 is 0 Å². The number of Topliss-reactive ketones (excluding diaryl/α,β-unsaturated/α-hetero) is 1. The van der Waals surface area contributed by atoms with Crippen LogP contribution in [-0.2, 0) is 0 Å². The highest BCUT2D eigenvalue weighted by Crippen LogP contribution is 2.22. The first kappa shape index (κ1) is 18.7. The predicted octanol–water partition coefficient (Wildman–Crippen LogP) is 3.81. The Hall–Kier alpha value is -3.66. The van der Waals surface area contributed by atoms with E-state index in [0.29, 0.717) is 22.1 Å². The summed E-state index contributed by atoms with van der Waals surface area (Å²) >= 11 is 1.16. The second-order valence-electron chi connectivity index (χ2n) is 5.99. The average molecular weight is 409 g/mol. The molecule has 4 aromatic rings. The van der Waals surface area contributed by atoms with Crippen molar-refractivity contribution in [3.05, 3.63) is 82.2 Å². The SMILES string of the molecule is O=C(CSc1nnc2ccc(-c3ccc(F)cc3)nn12)c1ccc([N+](=O)[O-])cc1. The minimum Gasteiger partial charge on any atom is -0.293 e. The molecule has 29 heavy (non-hydrogen) atoms. The van der Waals surface area contributed by atoms with E-state index in [0.717, 1.165) is 17.3 Å². The second kappa shape index (κ2) is 7.76. The van der Waals surface area contributed by atoms with E-state index >= 15 is 0 Å². The number of non-ortho nitro benzene ring substituents is 1. The monoisotopic (exact) mass is 409 g/mol. The number of rotatable bonds is 6. The quantitative estimate of drug-likeness (QED) is 0.206. The third-order valence-electron chi connectivity index (χ3n) is 4.11. The Morgan fingerprint density at radius 3 is 2.45 bits per heavy atom. The van der Waals surface area contributed by atoms with Gasteiger partial charge in [0, 0.05) is 23.3 Å². The van der Waals surface area contributed by atoms with Crippen LogP contribution >= 0.6 is 11.8 Å². The summed E-state index contributed by atoms with van der Waals surface area (Å²) in [6.07, 6.45) is 0. The molecule has 0 unspecified atom stereocenters. The number of carbonyl (C=O) groups is 1. The number of ketones is 1. The molecule has 2 aromatic heterocycles. The number of hydrogen-bond acceptors (Lipinski definition) is 7. The van der Waals surface area contributed by atoms with Crippen molar-refractivity contribution in [1.82, 2.24) is 19.8 Å². The van der Waals surface area contributed by atoms with Crippen molar-refractivity contribution >= 4 is 28.9 Å². The maximum Gasteiger partial charge on any atom is 0.269 e. The summed E-state index contributed by atoms with van der Waals surface area (Å²) in [6.45, 7) is 0. The molecule has 0 radical (unpaired) electrons. The van der Waals surface area contributed by atoms with Gasteiger partial charge >= 0.3 is 0 Å². The summed E-state index contributed by atoms with van der Waals surface area (Å²) in [7, 11) is 0. The van der Waals surface area contributed by atoms with E-state index in [4.69, 9.17) is 0 Å². The van der Waals surface area contributed by atoms with E-state index < -0.39 is 4.92 Å². The molecule has 0 amide bonds. The lowest BCUT2D eigenvalue weighted by Crippen LogP contribution is -2.04. The molecule has 144 valence electrons. The van der Waals surface area contributed by atoms with Crippen molar-refractivity contribution in [3.8, 4) is 11.3 Å². The molecule has 0 N–H and O–H groups in total. The molecule has 0 aliphatic heterocycles. The van der Waals surface area contributed by atoms with Crippen LogP contribution in [0, 0.1) is 15.9 Å². The van der Waals surface area contributed by atoms with Gasteiger partial charge in [0.2, 0.25) is 5.16 Å². The maximum absolute atomic E-state index is 13.1. The third-order valence-corrected chi connectivity index (χ3v) is 5.03. The molecule has 0 saturated heterocycles. The highest BCUT2D eigenvalue weighted by Gasteiger charge is 2.14. The van der Waals surface area contributed by atoms with Crippen molar-refractivity contribution in [2.24, 2.45) is 0 Å². The molecule has 0 bridgehead atoms. The zero-order chi connectivity index (χ0) is 20.4. The van der Waals surface area contributed by atoms with Gasteiger partial charge in [-0.15, -0.1) is 10.2 Å². The van der Waals surface area contributed by atoms with Crippen LogP contribution in [0.5, 0.6) is 0 Å². The highest BCUT2D eigenvalue weighted by molar-refractivity contribution is 7.99. The number of benzene rings is 2. The third kappa shape index (κ3) is 3.97. The van der Waals surface area contributed by atoms with Crippen LogP contribution in [0.1, 0.15) is 10.4 Å². The Morgan fingerprint density at radius 1 is 1.03 bits per heavy atom. The molecule has 2 aromatic carbocycles. The van der Waals surface area contributed by atoms with Crippen LogP contribution in [-0.4, -0.2) is 36.3 Å². The van der Waals surface area contributed by atoms with Gasteiger partial charge in [-0.2, -0.15) is 9.61 Å². The van der Waals surface area contributed by atoms with Crippen LogP contribution in [0.25, 0.3) is 16.9 Å². The first-order valence-electron chi connectivity index (χ1n) is 8.40. The highest BCUT2D eigenvalue weighted by atomic mass is 32.2. The van der Waals surface area contributed by atoms with Gasteiger partial charge in [0.25, 0.3) is 5.69 Å². The Morgan fingerprint density at radius 2 is 1.76 bits per heavy atom. The molecular formula is C19H12FN5O3S. The first-order valence-corrected chi connectivity index (χ1v) is 9.39. The smallest absolute Gasteiger partial charge is 0.269 e. The molecule has 0 aliphatic rings. The predicted molar refractivity (Wildman–Crippen MR) is 104 cm³/mol. The Bertz CT molecular complexity index is 1210. The number of nitro benzene ring substituents is 1. The normalized spacial score (nSPS) is 10.9. The first-order chi connectivity index (χ1) is 14.0. The zero-order valence-electron chi connectivity index (χ0n) is 14.7. The van der Waals surface area contributed by atoms with Crippen molar-refractivity contribution in [3.63, 3.8) is 0 Å². The molecule has 10 heteroatoms. The van der Waals surface area contributed by atoms with E-state index in [9.17, 15) is 19.3 Å². The summed E-state index contributed by atoms with van der Waals surface area (Å²) in [4.78, 5) is 22.6. The number of fused-ring (bicyclic) bond motifs is 1. The van der Waals surface area contributed by atoms with Gasteiger partial charge in [-0.1, -0.05) is 11.8 Å². The Balaban J connectivity index is 1.53. The fraction of sp³-hybridized carbons (Fsp3) is 0.0526. The number of aromatic nitrogens is 4. The van der Waals surface area contributed by atoms with Gasteiger partial charge < -0.3 is 0 Å². The number of nitrogens with zero attached hydrogens (tertiary/aromatic N) is 5. The van der Waals surface area contributed by atoms with E-state index in [1.807, 2.05) is 0 Å². The van der Waals surface area contributed by atoms with Crippen molar-refractivity contribution in [1.29, 1.82) is 0 Å². The molecule has 4 rings (SSSR count). The molecule has 2 heterocycles. The Kier molecular flexibility index (Phi) is 5.00. The minimum atomic E-state index is -0.518. The molecule has 0 atom stereocenters. The number of hydrogen-bond donors (Lipinski definition) is 0. The standard InChI is InChI=1S/C19H12FN5O3S/c20-14-5-1-12(2-6-14)16-9-10-18-21-22-19(24(18)23-16)29-11-17(26)13-3-7-15(8-4-13)25(27)28/h1-10H,11H2. The van der Waals surface area contributed by atoms with Crippen LogP contribution in [0.4, 0.5) is 10.1 Å². The van der Waals surface area contributed by atoms with Crippen molar-refractivity contribution < 1.29 is 14.1 Å².